The first kappa shape index (κ1) is 7.40. The lowest BCUT2D eigenvalue weighted by molar-refractivity contribution is 0.318. The minimum Gasteiger partial charge on any atom is -0.409 e. The highest BCUT2D eigenvalue weighted by atomic mass is 16.4. The Bertz CT molecular complexity index is 250. The summed E-state index contributed by atoms with van der Waals surface area (Å²) in [6, 6.07) is 0. The third kappa shape index (κ3) is 1.86. The van der Waals surface area contributed by atoms with Crippen molar-refractivity contribution in [2.75, 3.05) is 0 Å². The van der Waals surface area contributed by atoms with Crippen LogP contribution in [0.15, 0.2) is 41.4 Å². The third-order valence-corrected chi connectivity index (χ3v) is 1.22. The molecule has 58 valence electrons. The first-order valence-corrected chi connectivity index (χ1v) is 3.12. The maximum absolute atomic E-state index is 8.32. The summed E-state index contributed by atoms with van der Waals surface area (Å²) in [5, 5.41) is 14.0. The monoisotopic (exact) mass is 151 g/mol. The molecule has 4 N–H and O–H groups in total. The van der Waals surface area contributed by atoms with Crippen molar-refractivity contribution in [1.82, 2.24) is 5.32 Å². The normalized spacial score (nSPS) is 17.1. The average molecular weight is 151 g/mol. The minimum atomic E-state index is 0.0949. The van der Waals surface area contributed by atoms with E-state index in [0.717, 1.165) is 0 Å². The summed E-state index contributed by atoms with van der Waals surface area (Å²) >= 11 is 0. The molecular weight excluding hydrogens is 142 g/mol. The second-order valence-electron chi connectivity index (χ2n) is 1.97. The SMILES string of the molecule is NC(=NO)C1=CNC=CC=C1. The molecule has 0 unspecified atom stereocenters. The first-order valence-electron chi connectivity index (χ1n) is 3.12. The average Bonchev–Trinajstić information content (AvgIpc) is 2.30. The molecule has 1 heterocycles. The van der Waals surface area contributed by atoms with Crippen LogP contribution < -0.4 is 11.1 Å². The molecule has 1 aliphatic heterocycles. The quantitative estimate of drug-likeness (QED) is 0.218. The van der Waals surface area contributed by atoms with Gasteiger partial charge in [-0.1, -0.05) is 11.2 Å². The highest BCUT2D eigenvalue weighted by Crippen LogP contribution is 1.98. The van der Waals surface area contributed by atoms with Crippen LogP contribution in [-0.4, -0.2) is 11.0 Å². The standard InChI is InChI=1S/C7H9N3O/c8-7(10-11)6-3-1-2-4-9-5-6/h1-5,9,11H,(H2,8,10). The number of hydrogen-bond donors (Lipinski definition) is 3. The van der Waals surface area contributed by atoms with Crippen molar-refractivity contribution < 1.29 is 5.21 Å². The minimum absolute atomic E-state index is 0.0949. The van der Waals surface area contributed by atoms with Crippen molar-refractivity contribution in [3.05, 3.63) is 36.2 Å². The van der Waals surface area contributed by atoms with Gasteiger partial charge in [0.05, 0.1) is 0 Å². The van der Waals surface area contributed by atoms with Crippen LogP contribution in [0.4, 0.5) is 0 Å². The van der Waals surface area contributed by atoms with Crippen LogP contribution in [-0.2, 0) is 0 Å². The number of rotatable bonds is 1. The van der Waals surface area contributed by atoms with Gasteiger partial charge in [0.15, 0.2) is 5.84 Å². The molecule has 4 nitrogen and oxygen atoms in total. The predicted molar refractivity (Wildman–Crippen MR) is 42.9 cm³/mol. The van der Waals surface area contributed by atoms with Crippen LogP contribution in [0.1, 0.15) is 0 Å². The van der Waals surface area contributed by atoms with Gasteiger partial charge in [0, 0.05) is 18.0 Å². The first-order chi connectivity index (χ1) is 5.34. The summed E-state index contributed by atoms with van der Waals surface area (Å²) in [6.07, 6.45) is 8.74. The Kier molecular flexibility index (Phi) is 2.32. The molecular formula is C7H9N3O. The molecule has 0 saturated carbocycles. The van der Waals surface area contributed by atoms with E-state index in [1.165, 1.54) is 0 Å². The van der Waals surface area contributed by atoms with E-state index in [9.17, 15) is 0 Å². The topological polar surface area (TPSA) is 70.6 Å². The Labute approximate surface area is 64.4 Å². The van der Waals surface area contributed by atoms with E-state index in [0.29, 0.717) is 5.57 Å². The molecule has 0 bridgehead atoms. The van der Waals surface area contributed by atoms with Gasteiger partial charge in [0.2, 0.25) is 0 Å². The maximum atomic E-state index is 8.32. The van der Waals surface area contributed by atoms with Gasteiger partial charge in [-0.2, -0.15) is 0 Å². The molecule has 11 heavy (non-hydrogen) atoms. The lowest BCUT2D eigenvalue weighted by Crippen LogP contribution is -2.14. The highest BCUT2D eigenvalue weighted by Gasteiger charge is 1.98. The number of hydrogen-bond acceptors (Lipinski definition) is 3. The van der Waals surface area contributed by atoms with E-state index in [4.69, 9.17) is 10.9 Å². The van der Waals surface area contributed by atoms with Crippen molar-refractivity contribution in [2.24, 2.45) is 10.9 Å². The van der Waals surface area contributed by atoms with Gasteiger partial charge < -0.3 is 16.3 Å². The maximum Gasteiger partial charge on any atom is 0.171 e. The van der Waals surface area contributed by atoms with Crippen LogP contribution in [0.2, 0.25) is 0 Å². The summed E-state index contributed by atoms with van der Waals surface area (Å²) < 4.78 is 0. The lowest BCUT2D eigenvalue weighted by atomic mass is 10.2. The molecule has 0 saturated heterocycles. The number of amidine groups is 1. The van der Waals surface area contributed by atoms with Crippen molar-refractivity contribution in [2.45, 2.75) is 0 Å². The van der Waals surface area contributed by atoms with Crippen LogP contribution in [0.5, 0.6) is 0 Å². The number of oxime groups is 1. The molecule has 0 atom stereocenters. The van der Waals surface area contributed by atoms with E-state index in [2.05, 4.69) is 10.5 Å². The summed E-state index contributed by atoms with van der Waals surface area (Å²) in [4.78, 5) is 0. The number of allylic oxidation sites excluding steroid dienone is 2. The van der Waals surface area contributed by atoms with Crippen LogP contribution >= 0.6 is 0 Å². The fourth-order valence-corrected chi connectivity index (χ4v) is 0.673. The molecule has 0 spiro atoms. The van der Waals surface area contributed by atoms with E-state index in [1.54, 1.807) is 24.6 Å². The van der Waals surface area contributed by atoms with Gasteiger partial charge in [-0.05, 0) is 12.2 Å². The fourth-order valence-electron chi connectivity index (χ4n) is 0.673. The Morgan fingerprint density at radius 1 is 1.55 bits per heavy atom. The highest BCUT2D eigenvalue weighted by molar-refractivity contribution is 5.99. The van der Waals surface area contributed by atoms with Crippen molar-refractivity contribution in [3.63, 3.8) is 0 Å². The molecule has 0 aromatic carbocycles. The van der Waals surface area contributed by atoms with Gasteiger partial charge in [0.25, 0.3) is 0 Å². The van der Waals surface area contributed by atoms with E-state index in [1.807, 2.05) is 6.08 Å². The summed E-state index contributed by atoms with van der Waals surface area (Å²) in [6.45, 7) is 0. The molecule has 0 fully saturated rings. The zero-order chi connectivity index (χ0) is 8.10. The lowest BCUT2D eigenvalue weighted by Gasteiger charge is -1.96. The molecule has 0 aromatic rings. The molecule has 1 rings (SSSR count). The molecule has 4 heteroatoms. The van der Waals surface area contributed by atoms with Crippen molar-refractivity contribution in [3.8, 4) is 0 Å². The summed E-state index contributed by atoms with van der Waals surface area (Å²) in [7, 11) is 0. The van der Waals surface area contributed by atoms with Gasteiger partial charge in [-0.3, -0.25) is 0 Å². The summed E-state index contributed by atoms with van der Waals surface area (Å²) in [5.41, 5.74) is 5.98. The van der Waals surface area contributed by atoms with E-state index >= 15 is 0 Å². The number of nitrogens with zero attached hydrogens (tertiary/aromatic N) is 1. The van der Waals surface area contributed by atoms with Crippen molar-refractivity contribution >= 4 is 5.84 Å². The van der Waals surface area contributed by atoms with Crippen LogP contribution in [0.3, 0.4) is 0 Å². The van der Waals surface area contributed by atoms with Crippen LogP contribution in [0.25, 0.3) is 0 Å². The van der Waals surface area contributed by atoms with Crippen LogP contribution in [0, 0.1) is 0 Å². The largest absolute Gasteiger partial charge is 0.409 e. The Morgan fingerprint density at radius 2 is 2.36 bits per heavy atom. The smallest absolute Gasteiger partial charge is 0.171 e. The van der Waals surface area contributed by atoms with Gasteiger partial charge in [-0.25, -0.2) is 0 Å². The van der Waals surface area contributed by atoms with E-state index in [-0.39, 0.29) is 5.84 Å². The van der Waals surface area contributed by atoms with Gasteiger partial charge in [0.1, 0.15) is 0 Å². The molecule has 1 aliphatic rings. The number of nitrogens with two attached hydrogens (primary N) is 1. The van der Waals surface area contributed by atoms with E-state index < -0.39 is 0 Å². The molecule has 0 radical (unpaired) electrons. The molecule has 0 aliphatic carbocycles. The Balaban J connectivity index is 2.81. The second-order valence-corrected chi connectivity index (χ2v) is 1.97. The van der Waals surface area contributed by atoms with Gasteiger partial charge >= 0.3 is 0 Å². The predicted octanol–water partition coefficient (Wildman–Crippen LogP) is 0.290. The second kappa shape index (κ2) is 3.46. The molecule has 0 aromatic heterocycles. The zero-order valence-corrected chi connectivity index (χ0v) is 5.86. The van der Waals surface area contributed by atoms with Crippen molar-refractivity contribution in [1.29, 1.82) is 0 Å². The zero-order valence-electron chi connectivity index (χ0n) is 5.86. The Morgan fingerprint density at radius 3 is 3.09 bits per heavy atom. The molecule has 0 amide bonds. The summed E-state index contributed by atoms with van der Waals surface area (Å²) in [5.74, 6) is 0.0949. The Hall–Kier alpha value is -1.71. The number of nitrogens with one attached hydrogen (secondary N) is 1. The third-order valence-electron chi connectivity index (χ3n) is 1.22. The fraction of sp³-hybridized carbons (Fsp3) is 0. The van der Waals surface area contributed by atoms with Gasteiger partial charge in [-0.15, -0.1) is 0 Å².